The van der Waals surface area contributed by atoms with E-state index in [1.54, 1.807) is 6.20 Å². The summed E-state index contributed by atoms with van der Waals surface area (Å²) in [4.78, 5) is 15.8. The molecule has 1 unspecified atom stereocenters. The topological polar surface area (TPSA) is 62.2 Å². The second-order valence-corrected chi connectivity index (χ2v) is 6.08. The molecule has 2 heterocycles. The molecule has 0 aliphatic carbocycles. The van der Waals surface area contributed by atoms with Gasteiger partial charge in [-0.15, -0.1) is 0 Å². The minimum absolute atomic E-state index is 0.0698. The summed E-state index contributed by atoms with van der Waals surface area (Å²) in [6.45, 7) is 3.98. The van der Waals surface area contributed by atoms with Crippen molar-refractivity contribution in [2.75, 3.05) is 5.32 Å². The highest BCUT2D eigenvalue weighted by atomic mass is 16.3. The number of nitrogens with one attached hydrogen (secondary N) is 1. The van der Waals surface area contributed by atoms with Crippen molar-refractivity contribution in [2.45, 2.75) is 32.8 Å². The number of rotatable bonds is 3. The van der Waals surface area contributed by atoms with Crippen molar-refractivity contribution in [1.29, 1.82) is 0 Å². The third kappa shape index (κ3) is 2.88. The van der Waals surface area contributed by atoms with Crippen LogP contribution in [-0.2, 0) is 11.2 Å². The molecule has 0 fully saturated rings. The van der Waals surface area contributed by atoms with E-state index < -0.39 is 6.10 Å². The lowest BCUT2D eigenvalue weighted by atomic mass is 9.96. The molecule has 0 spiro atoms. The molecule has 1 aliphatic rings. The van der Waals surface area contributed by atoms with E-state index in [-0.39, 0.29) is 11.8 Å². The zero-order valence-electron chi connectivity index (χ0n) is 12.8. The molecule has 0 bridgehead atoms. The smallest absolute Gasteiger partial charge is 0.224 e. The van der Waals surface area contributed by atoms with E-state index in [0.717, 1.165) is 34.5 Å². The molecule has 4 heteroatoms. The lowest BCUT2D eigenvalue weighted by molar-refractivity contribution is -0.116. The molecule has 1 aliphatic heterocycles. The van der Waals surface area contributed by atoms with Crippen LogP contribution in [0.25, 0.3) is 11.3 Å². The molecule has 2 aromatic rings. The van der Waals surface area contributed by atoms with Gasteiger partial charge < -0.3 is 10.4 Å². The largest absolute Gasteiger partial charge is 0.388 e. The number of anilines is 1. The van der Waals surface area contributed by atoms with Crippen molar-refractivity contribution in [2.24, 2.45) is 5.92 Å². The van der Waals surface area contributed by atoms with E-state index in [1.165, 1.54) is 0 Å². The molecule has 1 atom stereocenters. The summed E-state index contributed by atoms with van der Waals surface area (Å²) in [5.74, 6) is 0.231. The molecule has 0 saturated heterocycles. The van der Waals surface area contributed by atoms with Crippen LogP contribution in [0, 0.1) is 5.92 Å². The number of carbonyl (C=O) groups is 1. The van der Waals surface area contributed by atoms with Crippen molar-refractivity contribution in [3.8, 4) is 11.3 Å². The molecule has 3 rings (SSSR count). The van der Waals surface area contributed by atoms with Crippen LogP contribution in [-0.4, -0.2) is 16.0 Å². The first-order valence-electron chi connectivity index (χ1n) is 7.62. The molecule has 1 aromatic heterocycles. The number of fused-ring (bicyclic) bond motifs is 1. The van der Waals surface area contributed by atoms with Crippen LogP contribution < -0.4 is 5.32 Å². The number of carbonyl (C=O) groups excluding carboxylic acids is 1. The average molecular weight is 296 g/mol. The number of aliphatic hydroxyl groups excluding tert-OH is 1. The Hall–Kier alpha value is -2.20. The zero-order chi connectivity index (χ0) is 15.7. The first-order valence-corrected chi connectivity index (χ1v) is 7.62. The van der Waals surface area contributed by atoms with Crippen LogP contribution in [0.3, 0.4) is 0 Å². The predicted octanol–water partition coefficient (Wildman–Crippen LogP) is 3.32. The van der Waals surface area contributed by atoms with E-state index in [9.17, 15) is 9.90 Å². The van der Waals surface area contributed by atoms with Crippen molar-refractivity contribution in [1.82, 2.24) is 4.98 Å². The number of aliphatic hydroxyl groups is 1. The van der Waals surface area contributed by atoms with Crippen molar-refractivity contribution in [3.05, 3.63) is 47.7 Å². The Morgan fingerprint density at radius 3 is 2.77 bits per heavy atom. The number of amides is 1. The minimum atomic E-state index is -0.487. The standard InChI is InChI=1S/C18H20N2O2/c1-11(2)18(22)14-7-8-19-16(10-14)13-3-5-15-12(9-13)4-6-17(21)20-15/h3,5,7-11,18,22H,4,6H2,1-2H3,(H,20,21). The first kappa shape index (κ1) is 14.7. The van der Waals surface area contributed by atoms with E-state index in [4.69, 9.17) is 0 Å². The predicted molar refractivity (Wildman–Crippen MR) is 86.4 cm³/mol. The Morgan fingerprint density at radius 2 is 2.00 bits per heavy atom. The van der Waals surface area contributed by atoms with E-state index in [1.807, 2.05) is 38.1 Å². The third-order valence-corrected chi connectivity index (χ3v) is 4.05. The molecule has 0 saturated carbocycles. The lowest BCUT2D eigenvalue weighted by Gasteiger charge is -2.18. The molecular weight excluding hydrogens is 276 g/mol. The lowest BCUT2D eigenvalue weighted by Crippen LogP contribution is -2.18. The van der Waals surface area contributed by atoms with E-state index in [0.29, 0.717) is 6.42 Å². The highest BCUT2D eigenvalue weighted by Gasteiger charge is 2.16. The van der Waals surface area contributed by atoms with Crippen LogP contribution in [0.15, 0.2) is 36.5 Å². The van der Waals surface area contributed by atoms with Crippen LogP contribution >= 0.6 is 0 Å². The first-order chi connectivity index (χ1) is 10.5. The number of aromatic nitrogens is 1. The molecular formula is C18H20N2O2. The molecule has 114 valence electrons. The van der Waals surface area contributed by atoms with Crippen LogP contribution in [0.2, 0.25) is 0 Å². The van der Waals surface area contributed by atoms with Gasteiger partial charge >= 0.3 is 0 Å². The average Bonchev–Trinajstić information content (AvgIpc) is 2.53. The van der Waals surface area contributed by atoms with Crippen LogP contribution in [0.1, 0.15) is 37.5 Å². The molecule has 22 heavy (non-hydrogen) atoms. The zero-order valence-corrected chi connectivity index (χ0v) is 12.8. The van der Waals surface area contributed by atoms with Gasteiger partial charge in [0.15, 0.2) is 0 Å². The Bertz CT molecular complexity index is 710. The van der Waals surface area contributed by atoms with Gasteiger partial charge in [-0.1, -0.05) is 19.9 Å². The van der Waals surface area contributed by atoms with Gasteiger partial charge in [0.05, 0.1) is 11.8 Å². The van der Waals surface area contributed by atoms with Gasteiger partial charge in [0.2, 0.25) is 5.91 Å². The summed E-state index contributed by atoms with van der Waals surface area (Å²) in [5.41, 5.74) is 4.75. The monoisotopic (exact) mass is 296 g/mol. The van der Waals surface area contributed by atoms with Gasteiger partial charge in [-0.25, -0.2) is 0 Å². The Kier molecular flexibility index (Phi) is 3.94. The quantitative estimate of drug-likeness (QED) is 0.913. The summed E-state index contributed by atoms with van der Waals surface area (Å²) in [7, 11) is 0. The molecule has 4 nitrogen and oxygen atoms in total. The number of hydrogen-bond acceptors (Lipinski definition) is 3. The summed E-state index contributed by atoms with van der Waals surface area (Å²) in [6, 6.07) is 9.75. The maximum atomic E-state index is 11.4. The van der Waals surface area contributed by atoms with E-state index in [2.05, 4.69) is 16.4 Å². The van der Waals surface area contributed by atoms with Crippen molar-refractivity contribution < 1.29 is 9.90 Å². The highest BCUT2D eigenvalue weighted by Crippen LogP contribution is 2.29. The number of pyridine rings is 1. The van der Waals surface area contributed by atoms with Gasteiger partial charge in [-0.3, -0.25) is 9.78 Å². The molecule has 2 N–H and O–H groups in total. The summed E-state index contributed by atoms with van der Waals surface area (Å²) < 4.78 is 0. The number of aryl methyl sites for hydroxylation is 1. The number of nitrogens with zero attached hydrogens (tertiary/aromatic N) is 1. The second kappa shape index (κ2) is 5.89. The van der Waals surface area contributed by atoms with Gasteiger partial charge in [0.25, 0.3) is 0 Å². The fourth-order valence-corrected chi connectivity index (χ4v) is 2.72. The normalized spacial score (nSPS) is 15.4. The van der Waals surface area contributed by atoms with Gasteiger partial charge in [-0.05, 0) is 47.7 Å². The van der Waals surface area contributed by atoms with Crippen molar-refractivity contribution >= 4 is 11.6 Å². The second-order valence-electron chi connectivity index (χ2n) is 6.08. The van der Waals surface area contributed by atoms with E-state index >= 15 is 0 Å². The van der Waals surface area contributed by atoms with Crippen LogP contribution in [0.4, 0.5) is 5.69 Å². The van der Waals surface area contributed by atoms with Gasteiger partial charge in [0, 0.05) is 23.9 Å². The SMILES string of the molecule is CC(C)C(O)c1ccnc(-c2ccc3c(c2)CCC(=O)N3)c1. The summed E-state index contributed by atoms with van der Waals surface area (Å²) >= 11 is 0. The maximum Gasteiger partial charge on any atom is 0.224 e. The Labute approximate surface area is 130 Å². The fourth-order valence-electron chi connectivity index (χ4n) is 2.72. The highest BCUT2D eigenvalue weighted by molar-refractivity contribution is 5.94. The fraction of sp³-hybridized carbons (Fsp3) is 0.333. The summed E-state index contributed by atoms with van der Waals surface area (Å²) in [5, 5.41) is 13.1. The van der Waals surface area contributed by atoms with Crippen LogP contribution in [0.5, 0.6) is 0 Å². The minimum Gasteiger partial charge on any atom is -0.388 e. The van der Waals surface area contributed by atoms with Crippen molar-refractivity contribution in [3.63, 3.8) is 0 Å². The Balaban J connectivity index is 1.95. The van der Waals surface area contributed by atoms with Gasteiger partial charge in [-0.2, -0.15) is 0 Å². The number of benzene rings is 1. The Morgan fingerprint density at radius 1 is 1.18 bits per heavy atom. The summed E-state index contributed by atoms with van der Waals surface area (Å²) in [6.07, 6.45) is 2.52. The molecule has 1 amide bonds. The maximum absolute atomic E-state index is 11.4. The van der Waals surface area contributed by atoms with Gasteiger partial charge in [0.1, 0.15) is 0 Å². The third-order valence-electron chi connectivity index (χ3n) is 4.05. The molecule has 0 radical (unpaired) electrons. The number of hydrogen-bond donors (Lipinski definition) is 2. The molecule has 1 aromatic carbocycles.